The van der Waals surface area contributed by atoms with Crippen molar-refractivity contribution in [3.63, 3.8) is 0 Å². The maximum Gasteiger partial charge on any atom is 0.329 e. The Balaban J connectivity index is 2.33. The van der Waals surface area contributed by atoms with E-state index in [9.17, 15) is 14.7 Å². The minimum atomic E-state index is -1.19. The molecule has 122 valence electrons. The second-order valence-electron chi connectivity index (χ2n) is 5.26. The van der Waals surface area contributed by atoms with E-state index in [0.29, 0.717) is 32.6 Å². The molecular formula is C14H27N3O4. The van der Waals surface area contributed by atoms with E-state index in [-0.39, 0.29) is 0 Å². The first-order valence-corrected chi connectivity index (χ1v) is 7.63. The Morgan fingerprint density at radius 3 is 2.38 bits per heavy atom. The number of ether oxygens (including phenoxy) is 1. The Hall–Kier alpha value is -1.34. The van der Waals surface area contributed by atoms with Crippen LogP contribution in [0.4, 0.5) is 4.79 Å². The molecule has 1 heterocycles. The summed E-state index contributed by atoms with van der Waals surface area (Å²) < 4.78 is 5.17. The molecular weight excluding hydrogens is 274 g/mol. The molecule has 0 aromatic rings. The fourth-order valence-corrected chi connectivity index (χ4v) is 2.42. The predicted octanol–water partition coefficient (Wildman–Crippen LogP) is 0.651. The number of carboxylic acids is 1. The zero-order valence-electron chi connectivity index (χ0n) is 13.0. The molecule has 3 N–H and O–H groups in total. The smallest absolute Gasteiger partial charge is 0.329 e. The quantitative estimate of drug-likeness (QED) is 0.573. The summed E-state index contributed by atoms with van der Waals surface area (Å²) in [4.78, 5) is 25.5. The van der Waals surface area contributed by atoms with Crippen LogP contribution in [0, 0.1) is 0 Å². The maximum absolute atomic E-state index is 11.9. The molecule has 0 radical (unpaired) electrons. The van der Waals surface area contributed by atoms with Crippen LogP contribution in [0.25, 0.3) is 0 Å². The van der Waals surface area contributed by atoms with Gasteiger partial charge in [0.15, 0.2) is 0 Å². The van der Waals surface area contributed by atoms with Gasteiger partial charge in [-0.25, -0.2) is 9.59 Å². The van der Waals surface area contributed by atoms with Crippen LogP contribution >= 0.6 is 0 Å². The predicted molar refractivity (Wildman–Crippen MR) is 79.4 cm³/mol. The molecule has 0 saturated carbocycles. The van der Waals surface area contributed by atoms with Crippen molar-refractivity contribution in [3.8, 4) is 0 Å². The standard InChI is InChI=1S/C14H27N3O4/c1-3-17(4-2)9-5-8-15-13(20)16-14(12(18)19)6-10-21-11-7-14/h3-11H2,1-2H3,(H,18,19)(H2,15,16,20). The minimum absolute atomic E-state index is 0.301. The number of rotatable bonds is 8. The lowest BCUT2D eigenvalue weighted by Crippen LogP contribution is -2.59. The highest BCUT2D eigenvalue weighted by molar-refractivity contribution is 5.86. The molecule has 1 saturated heterocycles. The third kappa shape index (κ3) is 5.51. The molecule has 0 spiro atoms. The second-order valence-corrected chi connectivity index (χ2v) is 5.26. The Labute approximate surface area is 126 Å². The largest absolute Gasteiger partial charge is 0.480 e. The Morgan fingerprint density at radius 1 is 1.24 bits per heavy atom. The lowest BCUT2D eigenvalue weighted by Gasteiger charge is -2.33. The summed E-state index contributed by atoms with van der Waals surface area (Å²) in [5, 5.41) is 14.7. The van der Waals surface area contributed by atoms with Crippen molar-refractivity contribution in [2.45, 2.75) is 38.6 Å². The number of carbonyl (C=O) groups is 2. The normalized spacial score (nSPS) is 17.5. The number of nitrogens with one attached hydrogen (secondary N) is 2. The number of carboxylic acid groups (broad SMARTS) is 1. The molecule has 7 nitrogen and oxygen atoms in total. The summed E-state index contributed by atoms with van der Waals surface area (Å²) >= 11 is 0. The molecule has 0 bridgehead atoms. The van der Waals surface area contributed by atoms with E-state index in [4.69, 9.17) is 4.74 Å². The molecule has 0 aromatic carbocycles. The minimum Gasteiger partial charge on any atom is -0.480 e. The van der Waals surface area contributed by atoms with Gasteiger partial charge in [0, 0.05) is 32.6 Å². The first kappa shape index (κ1) is 17.7. The van der Waals surface area contributed by atoms with Gasteiger partial charge in [-0.15, -0.1) is 0 Å². The molecule has 1 aliphatic rings. The van der Waals surface area contributed by atoms with Crippen LogP contribution in [-0.2, 0) is 9.53 Å². The number of urea groups is 1. The first-order chi connectivity index (χ1) is 10.0. The first-order valence-electron chi connectivity index (χ1n) is 7.63. The Bertz CT molecular complexity index is 339. The lowest BCUT2D eigenvalue weighted by atomic mass is 9.90. The third-order valence-corrected chi connectivity index (χ3v) is 3.94. The highest BCUT2D eigenvalue weighted by atomic mass is 16.5. The van der Waals surface area contributed by atoms with Gasteiger partial charge in [0.2, 0.25) is 0 Å². The maximum atomic E-state index is 11.9. The van der Waals surface area contributed by atoms with E-state index < -0.39 is 17.5 Å². The molecule has 0 unspecified atom stereocenters. The number of nitrogens with zero attached hydrogens (tertiary/aromatic N) is 1. The lowest BCUT2D eigenvalue weighted by molar-refractivity contribution is -0.148. The number of hydrogen-bond donors (Lipinski definition) is 3. The van der Waals surface area contributed by atoms with Crippen LogP contribution in [0.5, 0.6) is 0 Å². The van der Waals surface area contributed by atoms with Crippen molar-refractivity contribution in [3.05, 3.63) is 0 Å². The molecule has 0 aliphatic carbocycles. The highest BCUT2D eigenvalue weighted by Crippen LogP contribution is 2.20. The molecule has 1 fully saturated rings. The van der Waals surface area contributed by atoms with Gasteiger partial charge in [0.05, 0.1) is 0 Å². The number of amides is 2. The molecule has 0 atom stereocenters. The van der Waals surface area contributed by atoms with Crippen molar-refractivity contribution < 1.29 is 19.4 Å². The van der Waals surface area contributed by atoms with Gasteiger partial charge in [0.25, 0.3) is 0 Å². The van der Waals surface area contributed by atoms with Crippen LogP contribution in [0.1, 0.15) is 33.1 Å². The SMILES string of the molecule is CCN(CC)CCCNC(=O)NC1(C(=O)O)CCOCC1. The van der Waals surface area contributed by atoms with Gasteiger partial charge in [-0.1, -0.05) is 13.8 Å². The van der Waals surface area contributed by atoms with Gasteiger partial charge in [-0.2, -0.15) is 0 Å². The molecule has 1 aliphatic heterocycles. The number of hydrogen-bond acceptors (Lipinski definition) is 4. The average Bonchev–Trinajstić information content (AvgIpc) is 2.48. The van der Waals surface area contributed by atoms with Crippen LogP contribution < -0.4 is 10.6 Å². The monoisotopic (exact) mass is 301 g/mol. The second kappa shape index (κ2) is 8.84. The van der Waals surface area contributed by atoms with Gasteiger partial charge < -0.3 is 25.4 Å². The van der Waals surface area contributed by atoms with E-state index in [1.165, 1.54) is 0 Å². The van der Waals surface area contributed by atoms with Crippen molar-refractivity contribution in [1.82, 2.24) is 15.5 Å². The zero-order chi connectivity index (χ0) is 15.7. The number of aliphatic carboxylic acids is 1. The van der Waals surface area contributed by atoms with Crippen LogP contribution in [-0.4, -0.2) is 66.9 Å². The molecule has 7 heteroatoms. The van der Waals surface area contributed by atoms with Crippen molar-refractivity contribution >= 4 is 12.0 Å². The molecule has 0 aromatic heterocycles. The van der Waals surface area contributed by atoms with E-state index in [1.54, 1.807) is 0 Å². The summed E-state index contributed by atoms with van der Waals surface area (Å²) in [6.07, 6.45) is 1.45. The third-order valence-electron chi connectivity index (χ3n) is 3.94. The summed E-state index contributed by atoms with van der Waals surface area (Å²) in [5.41, 5.74) is -1.19. The van der Waals surface area contributed by atoms with Crippen molar-refractivity contribution in [2.75, 3.05) is 39.4 Å². The summed E-state index contributed by atoms with van der Waals surface area (Å²) in [6.45, 7) is 8.36. The zero-order valence-corrected chi connectivity index (χ0v) is 13.0. The fourth-order valence-electron chi connectivity index (χ4n) is 2.42. The Morgan fingerprint density at radius 2 is 1.86 bits per heavy atom. The van der Waals surface area contributed by atoms with Crippen LogP contribution in [0.15, 0.2) is 0 Å². The van der Waals surface area contributed by atoms with Gasteiger partial charge in [-0.05, 0) is 26.1 Å². The van der Waals surface area contributed by atoms with Crippen molar-refractivity contribution in [2.24, 2.45) is 0 Å². The molecule has 2 amide bonds. The van der Waals surface area contributed by atoms with E-state index in [2.05, 4.69) is 29.4 Å². The van der Waals surface area contributed by atoms with Crippen LogP contribution in [0.2, 0.25) is 0 Å². The Kier molecular flexibility index (Phi) is 7.45. The summed E-state index contributed by atoms with van der Waals surface area (Å²) in [6, 6.07) is -0.418. The van der Waals surface area contributed by atoms with E-state index >= 15 is 0 Å². The topological polar surface area (TPSA) is 90.9 Å². The molecule has 21 heavy (non-hydrogen) atoms. The van der Waals surface area contributed by atoms with Gasteiger partial charge in [0.1, 0.15) is 5.54 Å². The van der Waals surface area contributed by atoms with Gasteiger partial charge >= 0.3 is 12.0 Å². The van der Waals surface area contributed by atoms with Crippen LogP contribution in [0.3, 0.4) is 0 Å². The highest BCUT2D eigenvalue weighted by Gasteiger charge is 2.41. The average molecular weight is 301 g/mol. The summed E-state index contributed by atoms with van der Waals surface area (Å²) in [5.74, 6) is -0.996. The molecule has 1 rings (SSSR count). The summed E-state index contributed by atoms with van der Waals surface area (Å²) in [7, 11) is 0. The van der Waals surface area contributed by atoms with E-state index in [1.807, 2.05) is 0 Å². The van der Waals surface area contributed by atoms with Gasteiger partial charge in [-0.3, -0.25) is 0 Å². The fraction of sp³-hybridized carbons (Fsp3) is 0.857. The van der Waals surface area contributed by atoms with E-state index in [0.717, 1.165) is 26.1 Å². The number of carbonyl (C=O) groups excluding carboxylic acids is 1. The van der Waals surface area contributed by atoms with Crippen molar-refractivity contribution in [1.29, 1.82) is 0 Å².